The predicted octanol–water partition coefficient (Wildman–Crippen LogP) is 3.94. The van der Waals surface area contributed by atoms with Gasteiger partial charge in [0.25, 0.3) is 0 Å². The number of benzene rings is 1. The van der Waals surface area contributed by atoms with Gasteiger partial charge in [0, 0.05) is 18.5 Å². The van der Waals surface area contributed by atoms with Gasteiger partial charge in [-0.1, -0.05) is 38.8 Å². The molecule has 1 saturated carbocycles. The molecule has 0 aromatic heterocycles. The Morgan fingerprint density at radius 1 is 1.24 bits per heavy atom. The number of alkyl halides is 1. The number of halogens is 1. The summed E-state index contributed by atoms with van der Waals surface area (Å²) >= 11 is 5.88. The lowest BCUT2D eigenvalue weighted by Gasteiger charge is -2.27. The Kier molecular flexibility index (Phi) is 5.69. The SMILES string of the molecule is CCc1ccc(CCl)cc1S(=O)(=O)N(CC)C1CCCC1. The fraction of sp³-hybridized carbons (Fsp3) is 0.625. The van der Waals surface area contributed by atoms with Crippen molar-refractivity contribution < 1.29 is 8.42 Å². The van der Waals surface area contributed by atoms with Crippen molar-refractivity contribution in [3.63, 3.8) is 0 Å². The Labute approximate surface area is 133 Å². The summed E-state index contributed by atoms with van der Waals surface area (Å²) < 4.78 is 27.8. The van der Waals surface area contributed by atoms with Crippen LogP contribution < -0.4 is 0 Å². The molecule has 0 aliphatic heterocycles. The Balaban J connectivity index is 2.45. The smallest absolute Gasteiger partial charge is 0.207 e. The van der Waals surface area contributed by atoms with Crippen LogP contribution in [0.2, 0.25) is 0 Å². The van der Waals surface area contributed by atoms with Gasteiger partial charge in [-0.3, -0.25) is 0 Å². The van der Waals surface area contributed by atoms with E-state index in [1.165, 1.54) is 0 Å². The summed E-state index contributed by atoms with van der Waals surface area (Å²) in [5.74, 6) is 0.335. The van der Waals surface area contributed by atoms with E-state index in [0.29, 0.717) is 23.7 Å². The first-order chi connectivity index (χ1) is 10.0. The first kappa shape index (κ1) is 16.8. The highest BCUT2D eigenvalue weighted by atomic mass is 35.5. The van der Waals surface area contributed by atoms with Crippen molar-refractivity contribution >= 4 is 21.6 Å². The summed E-state index contributed by atoms with van der Waals surface area (Å²) in [6.45, 7) is 4.44. The highest BCUT2D eigenvalue weighted by Crippen LogP contribution is 2.30. The Bertz CT molecular complexity index is 580. The van der Waals surface area contributed by atoms with Crippen LogP contribution in [0, 0.1) is 0 Å². The molecular formula is C16H24ClNO2S. The second-order valence-corrected chi connectivity index (χ2v) is 7.70. The topological polar surface area (TPSA) is 37.4 Å². The van der Waals surface area contributed by atoms with Crippen LogP contribution in [0.4, 0.5) is 0 Å². The van der Waals surface area contributed by atoms with E-state index < -0.39 is 10.0 Å². The minimum atomic E-state index is -3.44. The lowest BCUT2D eigenvalue weighted by Crippen LogP contribution is -2.39. The molecule has 0 N–H and O–H groups in total. The summed E-state index contributed by atoms with van der Waals surface area (Å²) in [5.41, 5.74) is 1.73. The maximum absolute atomic E-state index is 13.1. The molecule has 2 rings (SSSR count). The number of hydrogen-bond acceptors (Lipinski definition) is 2. The summed E-state index contributed by atoms with van der Waals surface area (Å²) in [4.78, 5) is 0.442. The standard InChI is InChI=1S/C16H24ClNO2S/c1-3-14-10-9-13(12-17)11-16(14)21(19,20)18(4-2)15-7-5-6-8-15/h9-11,15H,3-8,12H2,1-2H3. The number of aryl methyl sites for hydroxylation is 1. The van der Waals surface area contributed by atoms with E-state index in [1.807, 2.05) is 26.0 Å². The second-order valence-electron chi connectivity index (χ2n) is 5.58. The van der Waals surface area contributed by atoms with Crippen LogP contribution >= 0.6 is 11.6 Å². The van der Waals surface area contributed by atoms with Gasteiger partial charge in [-0.25, -0.2) is 8.42 Å². The zero-order chi connectivity index (χ0) is 15.5. The van der Waals surface area contributed by atoms with E-state index in [2.05, 4.69) is 0 Å². The molecular weight excluding hydrogens is 306 g/mol. The average Bonchev–Trinajstić information content (AvgIpc) is 3.01. The molecule has 21 heavy (non-hydrogen) atoms. The maximum Gasteiger partial charge on any atom is 0.243 e. The van der Waals surface area contributed by atoms with Crippen LogP contribution in [-0.4, -0.2) is 25.3 Å². The summed E-state index contributed by atoms with van der Waals surface area (Å²) in [6, 6.07) is 5.71. The molecule has 1 aromatic carbocycles. The van der Waals surface area contributed by atoms with E-state index in [9.17, 15) is 8.42 Å². The van der Waals surface area contributed by atoms with Crippen LogP contribution in [0.25, 0.3) is 0 Å². The van der Waals surface area contributed by atoms with Crippen molar-refractivity contribution in [2.24, 2.45) is 0 Å². The fourth-order valence-electron chi connectivity index (χ4n) is 3.16. The van der Waals surface area contributed by atoms with Gasteiger partial charge in [-0.2, -0.15) is 4.31 Å². The molecule has 0 atom stereocenters. The average molecular weight is 330 g/mol. The quantitative estimate of drug-likeness (QED) is 0.741. The largest absolute Gasteiger partial charge is 0.243 e. The van der Waals surface area contributed by atoms with Crippen molar-refractivity contribution in [3.8, 4) is 0 Å². The van der Waals surface area contributed by atoms with Crippen LogP contribution in [0.1, 0.15) is 50.7 Å². The molecule has 0 unspecified atom stereocenters. The number of sulfonamides is 1. The minimum absolute atomic E-state index is 0.157. The maximum atomic E-state index is 13.1. The number of nitrogens with zero attached hydrogens (tertiary/aromatic N) is 1. The third-order valence-corrected chi connectivity index (χ3v) is 6.72. The molecule has 0 radical (unpaired) electrons. The molecule has 0 bridgehead atoms. The van der Waals surface area contributed by atoms with Gasteiger partial charge in [-0.15, -0.1) is 11.6 Å². The zero-order valence-corrected chi connectivity index (χ0v) is 14.4. The van der Waals surface area contributed by atoms with Gasteiger partial charge in [0.15, 0.2) is 0 Å². The highest BCUT2D eigenvalue weighted by Gasteiger charge is 2.33. The first-order valence-corrected chi connectivity index (χ1v) is 9.71. The molecule has 1 aliphatic rings. The number of rotatable bonds is 6. The van der Waals surface area contributed by atoms with Gasteiger partial charge in [0.2, 0.25) is 10.0 Å². The Morgan fingerprint density at radius 2 is 1.90 bits per heavy atom. The molecule has 0 spiro atoms. The molecule has 3 nitrogen and oxygen atoms in total. The van der Waals surface area contributed by atoms with E-state index >= 15 is 0 Å². The van der Waals surface area contributed by atoms with Gasteiger partial charge in [0.1, 0.15) is 0 Å². The monoisotopic (exact) mass is 329 g/mol. The lowest BCUT2D eigenvalue weighted by molar-refractivity contribution is 0.335. The van der Waals surface area contributed by atoms with Crippen molar-refractivity contribution in [3.05, 3.63) is 29.3 Å². The highest BCUT2D eigenvalue weighted by molar-refractivity contribution is 7.89. The van der Waals surface area contributed by atoms with Crippen molar-refractivity contribution in [1.29, 1.82) is 0 Å². The van der Waals surface area contributed by atoms with Gasteiger partial charge >= 0.3 is 0 Å². The van der Waals surface area contributed by atoms with E-state index in [0.717, 1.165) is 36.8 Å². The third kappa shape index (κ3) is 3.43. The Morgan fingerprint density at radius 3 is 2.43 bits per heavy atom. The summed E-state index contributed by atoms with van der Waals surface area (Å²) in [7, 11) is -3.44. The van der Waals surface area contributed by atoms with Crippen LogP contribution in [-0.2, 0) is 22.3 Å². The first-order valence-electron chi connectivity index (χ1n) is 7.74. The van der Waals surface area contributed by atoms with Crippen LogP contribution in [0.3, 0.4) is 0 Å². The molecule has 1 aliphatic carbocycles. The van der Waals surface area contributed by atoms with Crippen molar-refractivity contribution in [1.82, 2.24) is 4.31 Å². The number of hydrogen-bond donors (Lipinski definition) is 0. The fourth-order valence-corrected chi connectivity index (χ4v) is 5.36. The van der Waals surface area contributed by atoms with Gasteiger partial charge in [-0.05, 0) is 36.5 Å². The van der Waals surface area contributed by atoms with Crippen LogP contribution in [0.5, 0.6) is 0 Å². The lowest BCUT2D eigenvalue weighted by atomic mass is 10.1. The predicted molar refractivity (Wildman–Crippen MR) is 87.2 cm³/mol. The molecule has 0 heterocycles. The van der Waals surface area contributed by atoms with E-state index in [-0.39, 0.29) is 6.04 Å². The molecule has 0 saturated heterocycles. The van der Waals surface area contributed by atoms with Crippen molar-refractivity contribution in [2.75, 3.05) is 6.54 Å². The normalized spacial score (nSPS) is 16.8. The van der Waals surface area contributed by atoms with Crippen LogP contribution in [0.15, 0.2) is 23.1 Å². The molecule has 118 valence electrons. The van der Waals surface area contributed by atoms with Gasteiger partial charge < -0.3 is 0 Å². The molecule has 1 aromatic rings. The molecule has 1 fully saturated rings. The van der Waals surface area contributed by atoms with E-state index in [1.54, 1.807) is 10.4 Å². The second kappa shape index (κ2) is 7.12. The van der Waals surface area contributed by atoms with E-state index in [4.69, 9.17) is 11.6 Å². The molecule has 0 amide bonds. The summed E-state index contributed by atoms with van der Waals surface area (Å²) in [5, 5.41) is 0. The minimum Gasteiger partial charge on any atom is -0.207 e. The zero-order valence-electron chi connectivity index (χ0n) is 12.8. The van der Waals surface area contributed by atoms with Crippen molar-refractivity contribution in [2.45, 2.75) is 62.8 Å². The summed E-state index contributed by atoms with van der Waals surface area (Å²) in [6.07, 6.45) is 4.91. The van der Waals surface area contributed by atoms with Gasteiger partial charge in [0.05, 0.1) is 4.90 Å². The molecule has 5 heteroatoms. The Hall–Kier alpha value is -0.580. The third-order valence-electron chi connectivity index (χ3n) is 4.30.